The molecule has 0 aliphatic carbocycles. The van der Waals surface area contributed by atoms with Crippen LogP contribution in [-0.2, 0) is 16.1 Å². The normalized spacial score (nSPS) is 10.8. The lowest BCUT2D eigenvalue weighted by Crippen LogP contribution is -2.11. The first-order valence-electron chi connectivity index (χ1n) is 10.1. The maximum absolute atomic E-state index is 12.9. The van der Waals surface area contributed by atoms with E-state index in [0.29, 0.717) is 17.9 Å². The fourth-order valence-electron chi connectivity index (χ4n) is 2.81. The summed E-state index contributed by atoms with van der Waals surface area (Å²) in [5.41, 5.74) is 3.24. The van der Waals surface area contributed by atoms with E-state index in [1.165, 1.54) is 30.3 Å². The van der Waals surface area contributed by atoms with Crippen LogP contribution in [-0.4, -0.2) is 18.4 Å². The molecule has 3 rings (SSSR count). The Morgan fingerprint density at radius 2 is 1.53 bits per heavy atom. The van der Waals surface area contributed by atoms with Crippen molar-refractivity contribution < 1.29 is 23.5 Å². The van der Waals surface area contributed by atoms with Gasteiger partial charge in [0.15, 0.2) is 5.78 Å². The van der Waals surface area contributed by atoms with E-state index in [2.05, 4.69) is 6.58 Å². The number of carbonyl (C=O) groups excluding carboxylic acids is 2. The molecule has 0 saturated heterocycles. The largest absolute Gasteiger partial charge is 0.426 e. The average molecular weight is 430 g/mol. The molecule has 0 aliphatic rings. The Kier molecular flexibility index (Phi) is 8.23. The smallest absolute Gasteiger partial charge is 0.313 e. The van der Waals surface area contributed by atoms with Crippen LogP contribution in [0.4, 0.5) is 4.39 Å². The maximum atomic E-state index is 12.9. The van der Waals surface area contributed by atoms with Crippen molar-refractivity contribution in [2.24, 2.45) is 0 Å². The van der Waals surface area contributed by atoms with E-state index < -0.39 is 0 Å². The molecule has 0 atom stereocenters. The highest BCUT2D eigenvalue weighted by atomic mass is 19.1. The third-order valence-corrected chi connectivity index (χ3v) is 4.60. The number of ketones is 1. The lowest BCUT2D eigenvalue weighted by Gasteiger charge is -2.06. The summed E-state index contributed by atoms with van der Waals surface area (Å²) in [6, 6.07) is 20.0. The van der Waals surface area contributed by atoms with Crippen LogP contribution >= 0.6 is 0 Å². The molecule has 0 aromatic heterocycles. The molecule has 0 heterocycles. The van der Waals surface area contributed by atoms with Crippen molar-refractivity contribution in [1.29, 1.82) is 0 Å². The highest BCUT2D eigenvalue weighted by Crippen LogP contribution is 2.15. The van der Waals surface area contributed by atoms with Crippen molar-refractivity contribution in [3.8, 4) is 5.75 Å². The number of rotatable bonds is 10. The zero-order valence-corrected chi connectivity index (χ0v) is 17.5. The molecule has 0 unspecified atom stereocenters. The summed E-state index contributed by atoms with van der Waals surface area (Å²) < 4.78 is 23.8. The van der Waals surface area contributed by atoms with Crippen LogP contribution in [0.5, 0.6) is 5.75 Å². The van der Waals surface area contributed by atoms with Gasteiger partial charge < -0.3 is 9.47 Å². The number of halogens is 1. The minimum atomic E-state index is -0.388. The van der Waals surface area contributed by atoms with Gasteiger partial charge in [-0.25, -0.2) is 4.39 Å². The minimum Gasteiger partial charge on any atom is -0.426 e. The number of carbonyl (C=O) groups is 2. The van der Waals surface area contributed by atoms with Gasteiger partial charge in [0.1, 0.15) is 11.6 Å². The topological polar surface area (TPSA) is 52.6 Å². The number of ether oxygens (including phenoxy) is 2. The maximum Gasteiger partial charge on any atom is 0.313 e. The summed E-state index contributed by atoms with van der Waals surface area (Å²) in [6.07, 6.45) is 4.97. The highest BCUT2D eigenvalue weighted by Gasteiger charge is 2.06. The third-order valence-electron chi connectivity index (χ3n) is 4.60. The van der Waals surface area contributed by atoms with Gasteiger partial charge in [-0.15, -0.1) is 0 Å². The molecular formula is C27H23FO4. The third kappa shape index (κ3) is 7.15. The SMILES string of the molecule is C=Cc1ccc(COCCC(=O)Oc2ccc(C=CC(=O)c3ccc(F)cc3)cc2)cc1. The average Bonchev–Trinajstić information content (AvgIpc) is 2.82. The molecule has 3 aromatic rings. The fourth-order valence-corrected chi connectivity index (χ4v) is 2.81. The summed E-state index contributed by atoms with van der Waals surface area (Å²) >= 11 is 0. The van der Waals surface area contributed by atoms with E-state index in [-0.39, 0.29) is 30.6 Å². The highest BCUT2D eigenvalue weighted by molar-refractivity contribution is 6.06. The molecule has 0 aliphatic heterocycles. The molecule has 0 bridgehead atoms. The number of allylic oxidation sites excluding steroid dienone is 1. The molecular weight excluding hydrogens is 407 g/mol. The Labute approximate surface area is 186 Å². The molecule has 0 amide bonds. The molecule has 0 radical (unpaired) electrons. The Morgan fingerprint density at radius 3 is 2.19 bits per heavy atom. The van der Waals surface area contributed by atoms with Gasteiger partial charge in [-0.05, 0) is 59.2 Å². The molecule has 0 N–H and O–H groups in total. The Balaban J connectivity index is 1.41. The first kappa shape index (κ1) is 22.8. The minimum absolute atomic E-state index is 0.137. The number of hydrogen-bond donors (Lipinski definition) is 0. The Morgan fingerprint density at radius 1 is 0.875 bits per heavy atom. The number of hydrogen-bond acceptors (Lipinski definition) is 4. The monoisotopic (exact) mass is 430 g/mol. The van der Waals surface area contributed by atoms with Crippen LogP contribution in [0.25, 0.3) is 12.2 Å². The summed E-state index contributed by atoms with van der Waals surface area (Å²) in [5, 5.41) is 0. The molecule has 4 nitrogen and oxygen atoms in total. The van der Waals surface area contributed by atoms with Crippen LogP contribution in [0, 0.1) is 5.82 Å². The molecule has 3 aromatic carbocycles. The van der Waals surface area contributed by atoms with E-state index in [4.69, 9.17) is 9.47 Å². The summed E-state index contributed by atoms with van der Waals surface area (Å²) in [4.78, 5) is 24.1. The quantitative estimate of drug-likeness (QED) is 0.133. The molecule has 0 fully saturated rings. The van der Waals surface area contributed by atoms with E-state index in [1.54, 1.807) is 36.4 Å². The van der Waals surface area contributed by atoms with Crippen LogP contribution in [0.3, 0.4) is 0 Å². The molecule has 0 spiro atoms. The van der Waals surface area contributed by atoms with E-state index >= 15 is 0 Å². The second kappa shape index (κ2) is 11.5. The number of benzene rings is 3. The lowest BCUT2D eigenvalue weighted by molar-refractivity contribution is -0.135. The van der Waals surface area contributed by atoms with Gasteiger partial charge in [-0.3, -0.25) is 9.59 Å². The zero-order chi connectivity index (χ0) is 22.8. The molecule has 32 heavy (non-hydrogen) atoms. The van der Waals surface area contributed by atoms with E-state index in [0.717, 1.165) is 16.7 Å². The number of esters is 1. The summed E-state index contributed by atoms with van der Waals surface area (Å²) in [6.45, 7) is 4.39. The van der Waals surface area contributed by atoms with Crippen molar-refractivity contribution in [3.63, 3.8) is 0 Å². The van der Waals surface area contributed by atoms with Gasteiger partial charge in [0, 0.05) is 5.56 Å². The first-order valence-corrected chi connectivity index (χ1v) is 10.1. The summed E-state index contributed by atoms with van der Waals surface area (Å²) in [7, 11) is 0. The van der Waals surface area contributed by atoms with Crippen molar-refractivity contribution in [2.45, 2.75) is 13.0 Å². The standard InChI is InChI=1S/C27H23FO4/c1-2-20-3-5-22(6-4-20)19-31-18-17-27(30)32-25-14-7-21(8-15-25)9-16-26(29)23-10-12-24(28)13-11-23/h2-16H,1,17-19H2. The van der Waals surface area contributed by atoms with E-state index in [1.807, 2.05) is 24.3 Å². The van der Waals surface area contributed by atoms with Crippen LogP contribution in [0.1, 0.15) is 33.5 Å². The van der Waals surface area contributed by atoms with Gasteiger partial charge >= 0.3 is 5.97 Å². The Bertz CT molecular complexity index is 1080. The summed E-state index contributed by atoms with van der Waals surface area (Å²) in [5.74, 6) is -0.586. The van der Waals surface area contributed by atoms with Gasteiger partial charge in [-0.1, -0.05) is 55.1 Å². The predicted octanol–water partition coefficient (Wildman–Crippen LogP) is 5.88. The molecule has 5 heteroatoms. The van der Waals surface area contributed by atoms with Crippen LogP contribution in [0.2, 0.25) is 0 Å². The van der Waals surface area contributed by atoms with Gasteiger partial charge in [0.25, 0.3) is 0 Å². The van der Waals surface area contributed by atoms with Gasteiger partial charge in [-0.2, -0.15) is 0 Å². The predicted molar refractivity (Wildman–Crippen MR) is 123 cm³/mol. The second-order valence-corrected chi connectivity index (χ2v) is 7.00. The Hall–Kier alpha value is -3.83. The van der Waals surface area contributed by atoms with Crippen LogP contribution in [0.15, 0.2) is 85.5 Å². The van der Waals surface area contributed by atoms with Gasteiger partial charge in [0.05, 0.1) is 19.6 Å². The van der Waals surface area contributed by atoms with Crippen LogP contribution < -0.4 is 4.74 Å². The van der Waals surface area contributed by atoms with Crippen molar-refractivity contribution >= 4 is 23.9 Å². The molecule has 0 saturated carbocycles. The fraction of sp³-hybridized carbons (Fsp3) is 0.111. The van der Waals surface area contributed by atoms with Crippen molar-refractivity contribution in [1.82, 2.24) is 0 Å². The van der Waals surface area contributed by atoms with Gasteiger partial charge in [0.2, 0.25) is 0 Å². The van der Waals surface area contributed by atoms with Crippen molar-refractivity contribution in [3.05, 3.63) is 114 Å². The second-order valence-electron chi connectivity index (χ2n) is 7.00. The first-order chi connectivity index (χ1) is 15.5. The van der Waals surface area contributed by atoms with Crippen molar-refractivity contribution in [2.75, 3.05) is 6.61 Å². The zero-order valence-electron chi connectivity index (χ0n) is 17.5. The lowest BCUT2D eigenvalue weighted by atomic mass is 10.1. The van der Waals surface area contributed by atoms with E-state index in [9.17, 15) is 14.0 Å². The molecule has 162 valence electrons.